The molecule has 0 aliphatic heterocycles. The number of carbonyl (C=O) groups is 1. The van der Waals surface area contributed by atoms with Gasteiger partial charge in [-0.15, -0.1) is 0 Å². The molecule has 0 unspecified atom stereocenters. The predicted octanol–water partition coefficient (Wildman–Crippen LogP) is 1.96. The van der Waals surface area contributed by atoms with Gasteiger partial charge in [0.2, 0.25) is 5.89 Å². The van der Waals surface area contributed by atoms with Crippen molar-refractivity contribution in [3.05, 3.63) is 40.5 Å². The Hall–Kier alpha value is -1.93. The first-order chi connectivity index (χ1) is 9.83. The number of carboxylic acids is 1. The lowest BCUT2D eigenvalue weighted by Gasteiger charge is -2.04. The number of hydrogen-bond donors (Lipinski definition) is 1. The van der Waals surface area contributed by atoms with Crippen LogP contribution in [-0.2, 0) is 22.0 Å². The highest BCUT2D eigenvalue weighted by molar-refractivity contribution is 7.90. The third-order valence-electron chi connectivity index (χ3n) is 2.67. The van der Waals surface area contributed by atoms with Crippen LogP contribution in [0.4, 0.5) is 0 Å². The molecule has 0 atom stereocenters. The molecule has 1 aromatic heterocycles. The highest BCUT2D eigenvalue weighted by Crippen LogP contribution is 2.23. The second kappa shape index (κ2) is 5.82. The molecular formula is C12H11ClN2O5S. The predicted molar refractivity (Wildman–Crippen MR) is 73.0 cm³/mol. The van der Waals surface area contributed by atoms with Crippen molar-refractivity contribution in [3.63, 3.8) is 0 Å². The second-order valence-electron chi connectivity index (χ2n) is 4.16. The molecule has 0 saturated carbocycles. The lowest BCUT2D eigenvalue weighted by Crippen LogP contribution is -2.07. The van der Waals surface area contributed by atoms with Gasteiger partial charge >= 0.3 is 5.97 Å². The lowest BCUT2D eigenvalue weighted by atomic mass is 10.2. The van der Waals surface area contributed by atoms with Gasteiger partial charge in [-0.1, -0.05) is 23.7 Å². The number of sulfone groups is 1. The monoisotopic (exact) mass is 330 g/mol. The van der Waals surface area contributed by atoms with Crippen LogP contribution in [-0.4, -0.2) is 29.6 Å². The van der Waals surface area contributed by atoms with Gasteiger partial charge < -0.3 is 9.63 Å². The van der Waals surface area contributed by atoms with E-state index in [1.165, 1.54) is 12.1 Å². The lowest BCUT2D eigenvalue weighted by molar-refractivity contribution is 0.0697. The molecule has 2 aromatic rings. The van der Waals surface area contributed by atoms with E-state index in [0.29, 0.717) is 12.2 Å². The number of carboxylic acid groups (broad SMARTS) is 1. The Morgan fingerprint density at radius 2 is 2.14 bits per heavy atom. The van der Waals surface area contributed by atoms with Crippen molar-refractivity contribution in [2.45, 2.75) is 24.0 Å². The Kier molecular flexibility index (Phi) is 4.29. The minimum absolute atomic E-state index is 0.0347. The van der Waals surface area contributed by atoms with Crippen molar-refractivity contribution in [3.8, 4) is 0 Å². The molecule has 0 spiro atoms. The summed E-state index contributed by atoms with van der Waals surface area (Å²) >= 11 is 5.71. The van der Waals surface area contributed by atoms with Crippen LogP contribution in [0.3, 0.4) is 0 Å². The molecular weight excluding hydrogens is 320 g/mol. The van der Waals surface area contributed by atoms with Crippen LogP contribution < -0.4 is 0 Å². The number of aromatic carboxylic acids is 1. The van der Waals surface area contributed by atoms with E-state index in [9.17, 15) is 13.2 Å². The molecule has 2 rings (SSSR count). The van der Waals surface area contributed by atoms with Gasteiger partial charge in [-0.3, -0.25) is 0 Å². The van der Waals surface area contributed by atoms with Crippen LogP contribution in [0.25, 0.3) is 0 Å². The Morgan fingerprint density at radius 3 is 2.71 bits per heavy atom. The zero-order valence-corrected chi connectivity index (χ0v) is 12.5. The maximum Gasteiger partial charge on any atom is 0.337 e. The summed E-state index contributed by atoms with van der Waals surface area (Å²) in [5, 5.41) is 12.5. The molecule has 0 aliphatic carbocycles. The largest absolute Gasteiger partial charge is 0.478 e. The first-order valence-electron chi connectivity index (χ1n) is 5.90. The van der Waals surface area contributed by atoms with Gasteiger partial charge in [0.05, 0.1) is 15.5 Å². The molecule has 1 aromatic carbocycles. The summed E-state index contributed by atoms with van der Waals surface area (Å²) in [5.74, 6) is -1.44. The third kappa shape index (κ3) is 3.40. The molecule has 112 valence electrons. The van der Waals surface area contributed by atoms with Crippen molar-refractivity contribution in [2.24, 2.45) is 0 Å². The van der Waals surface area contributed by atoms with E-state index in [0.717, 1.165) is 6.07 Å². The fraction of sp³-hybridized carbons (Fsp3) is 0.250. The van der Waals surface area contributed by atoms with Gasteiger partial charge in [0.15, 0.2) is 15.7 Å². The second-order valence-corrected chi connectivity index (χ2v) is 6.56. The average molecular weight is 331 g/mol. The SMILES string of the molecule is CCc1noc(CS(=O)(=O)c2ccc(Cl)c(C(=O)O)c2)n1. The van der Waals surface area contributed by atoms with Gasteiger partial charge in [0.25, 0.3) is 0 Å². The molecule has 21 heavy (non-hydrogen) atoms. The standard InChI is InChI=1S/C12H11ClN2O5S/c1-2-10-14-11(20-15-10)6-21(18,19)7-3-4-9(13)8(5-7)12(16)17/h3-5H,2,6H2,1H3,(H,16,17). The van der Waals surface area contributed by atoms with Crippen LogP contribution >= 0.6 is 11.6 Å². The van der Waals surface area contributed by atoms with Crippen molar-refractivity contribution >= 4 is 27.4 Å². The molecule has 0 bridgehead atoms. The number of benzene rings is 1. The van der Waals surface area contributed by atoms with E-state index in [1.807, 2.05) is 6.92 Å². The highest BCUT2D eigenvalue weighted by Gasteiger charge is 2.22. The first-order valence-corrected chi connectivity index (χ1v) is 7.93. The molecule has 9 heteroatoms. The number of halogens is 1. The summed E-state index contributed by atoms with van der Waals surface area (Å²) < 4.78 is 29.3. The molecule has 0 fully saturated rings. The fourth-order valence-corrected chi connectivity index (χ4v) is 2.98. The van der Waals surface area contributed by atoms with E-state index in [1.54, 1.807) is 0 Å². The fourth-order valence-electron chi connectivity index (χ4n) is 1.60. The van der Waals surface area contributed by atoms with Gasteiger partial charge in [-0.05, 0) is 18.2 Å². The van der Waals surface area contributed by atoms with Crippen molar-refractivity contribution in [1.29, 1.82) is 0 Å². The van der Waals surface area contributed by atoms with Gasteiger partial charge in [0, 0.05) is 6.42 Å². The van der Waals surface area contributed by atoms with Crippen LogP contribution in [0.2, 0.25) is 5.02 Å². The Morgan fingerprint density at radius 1 is 1.43 bits per heavy atom. The molecule has 0 saturated heterocycles. The minimum Gasteiger partial charge on any atom is -0.478 e. The zero-order chi connectivity index (χ0) is 15.6. The van der Waals surface area contributed by atoms with Crippen LogP contribution in [0.1, 0.15) is 29.0 Å². The van der Waals surface area contributed by atoms with E-state index in [4.69, 9.17) is 21.2 Å². The van der Waals surface area contributed by atoms with E-state index in [2.05, 4.69) is 10.1 Å². The molecule has 0 aliphatic rings. The number of aromatic nitrogens is 2. The average Bonchev–Trinajstić information content (AvgIpc) is 2.85. The quantitative estimate of drug-likeness (QED) is 0.891. The maximum atomic E-state index is 12.2. The molecule has 1 N–H and O–H groups in total. The highest BCUT2D eigenvalue weighted by atomic mass is 35.5. The first kappa shape index (κ1) is 15.5. The van der Waals surface area contributed by atoms with Crippen molar-refractivity contribution in [2.75, 3.05) is 0 Å². The normalized spacial score (nSPS) is 11.5. The molecule has 0 amide bonds. The summed E-state index contributed by atoms with van der Waals surface area (Å²) in [7, 11) is -3.80. The number of rotatable bonds is 5. The van der Waals surface area contributed by atoms with Crippen molar-refractivity contribution < 1.29 is 22.8 Å². The summed E-state index contributed by atoms with van der Waals surface area (Å²) in [4.78, 5) is 14.7. The molecule has 0 radical (unpaired) electrons. The van der Waals surface area contributed by atoms with E-state index >= 15 is 0 Å². The minimum atomic E-state index is -3.80. The van der Waals surface area contributed by atoms with Gasteiger partial charge in [0.1, 0.15) is 5.75 Å². The molecule has 7 nitrogen and oxygen atoms in total. The van der Waals surface area contributed by atoms with E-state index < -0.39 is 21.6 Å². The maximum absolute atomic E-state index is 12.2. The smallest absolute Gasteiger partial charge is 0.337 e. The summed E-state index contributed by atoms with van der Waals surface area (Å²) in [6, 6.07) is 3.47. The number of nitrogens with zero attached hydrogens (tertiary/aromatic N) is 2. The molecule has 1 heterocycles. The van der Waals surface area contributed by atoms with Crippen LogP contribution in [0.15, 0.2) is 27.6 Å². The summed E-state index contributed by atoms with van der Waals surface area (Å²) in [5.41, 5.74) is -0.280. The Balaban J connectivity index is 2.35. The number of hydrogen-bond acceptors (Lipinski definition) is 6. The number of aryl methyl sites for hydroxylation is 1. The Bertz CT molecular complexity index is 785. The van der Waals surface area contributed by atoms with Gasteiger partial charge in [-0.25, -0.2) is 13.2 Å². The zero-order valence-electron chi connectivity index (χ0n) is 10.9. The topological polar surface area (TPSA) is 110 Å². The van der Waals surface area contributed by atoms with Crippen molar-refractivity contribution in [1.82, 2.24) is 10.1 Å². The summed E-state index contributed by atoms with van der Waals surface area (Å²) in [6.45, 7) is 1.81. The summed E-state index contributed by atoms with van der Waals surface area (Å²) in [6.07, 6.45) is 0.521. The van der Waals surface area contributed by atoms with E-state index in [-0.39, 0.29) is 21.4 Å². The van der Waals surface area contributed by atoms with Crippen LogP contribution in [0, 0.1) is 0 Å². The van der Waals surface area contributed by atoms with Crippen LogP contribution in [0.5, 0.6) is 0 Å². The third-order valence-corrected chi connectivity index (χ3v) is 4.60. The Labute approximate surface area is 125 Å². The van der Waals surface area contributed by atoms with Gasteiger partial charge in [-0.2, -0.15) is 4.98 Å².